The molecular weight excluding hydrogens is 481 g/mol. The van der Waals surface area contributed by atoms with Gasteiger partial charge in [-0.05, 0) is 0 Å². The van der Waals surface area contributed by atoms with Crippen LogP contribution in [0.5, 0.6) is 0 Å². The van der Waals surface area contributed by atoms with Crippen molar-refractivity contribution >= 4 is 19.4 Å². The van der Waals surface area contributed by atoms with Crippen molar-refractivity contribution in [1.82, 2.24) is 0 Å². The molecule has 3 atom stereocenters. The minimum atomic E-state index is -3.89. The summed E-state index contributed by atoms with van der Waals surface area (Å²) in [5, 5.41) is 0.528. The molecule has 0 saturated heterocycles. The van der Waals surface area contributed by atoms with E-state index in [1.165, 1.54) is 35.9 Å². The normalized spacial score (nSPS) is 23.6. The fraction of sp³-hybridized carbons (Fsp3) is 0.200. The quantitative estimate of drug-likeness (QED) is 0.562. The average Bonchev–Trinajstić information content (AvgIpc) is 3.01. The molecule has 1 fully saturated rings. The SMILES string of the molecule is O=P(O)(OC1=C2CCC2c2ccccc21)C1=Cc2ccccc2[CH]1[Zr+2].[Cl-].[Cl-]. The standard InChI is InChI=1S/C20H16O3P.2ClH.Zr/c21-24(22,15-11-13-5-1-2-6-14(13)12-15)23-20-18-8-4-3-7-16(18)17-9-10-19(17)20;;;/h1-8,11-12,17H,9-10H2,(H,21,22);2*1H;/q;;;+2/p-2. The van der Waals surface area contributed by atoms with Crippen LogP contribution >= 0.6 is 7.60 Å². The fourth-order valence-electron chi connectivity index (χ4n) is 4.06. The van der Waals surface area contributed by atoms with E-state index in [0.717, 1.165) is 29.5 Å². The minimum Gasteiger partial charge on any atom is -1.00 e. The maximum Gasteiger partial charge on any atom is -1.00 e. The van der Waals surface area contributed by atoms with Crippen molar-refractivity contribution in [2.45, 2.75) is 22.4 Å². The van der Waals surface area contributed by atoms with Crippen LogP contribution in [-0.4, -0.2) is 4.89 Å². The molecule has 3 nitrogen and oxygen atoms in total. The van der Waals surface area contributed by atoms with Crippen molar-refractivity contribution in [2.75, 3.05) is 0 Å². The van der Waals surface area contributed by atoms with Gasteiger partial charge < -0.3 is 24.8 Å². The average molecular weight is 497 g/mol. The summed E-state index contributed by atoms with van der Waals surface area (Å²) in [5.41, 5.74) is 5.57. The summed E-state index contributed by atoms with van der Waals surface area (Å²) in [6.07, 6.45) is 3.90. The van der Waals surface area contributed by atoms with E-state index in [4.69, 9.17) is 4.52 Å². The van der Waals surface area contributed by atoms with Crippen LogP contribution in [0.4, 0.5) is 0 Å². The van der Waals surface area contributed by atoms with E-state index >= 15 is 0 Å². The molecule has 3 aliphatic rings. The fourth-order valence-corrected chi connectivity index (χ4v) is 7.45. The van der Waals surface area contributed by atoms with Crippen molar-refractivity contribution < 1.29 is 63.5 Å². The second-order valence-corrected chi connectivity index (χ2v) is 9.93. The van der Waals surface area contributed by atoms with Gasteiger partial charge in [0.15, 0.2) is 0 Å². The molecule has 0 aromatic heterocycles. The van der Waals surface area contributed by atoms with Crippen LogP contribution < -0.4 is 24.8 Å². The van der Waals surface area contributed by atoms with Crippen LogP contribution in [0.15, 0.2) is 59.4 Å². The van der Waals surface area contributed by atoms with Gasteiger partial charge in [0.2, 0.25) is 0 Å². The van der Waals surface area contributed by atoms with E-state index in [9.17, 15) is 9.46 Å². The molecule has 0 radical (unpaired) electrons. The summed E-state index contributed by atoms with van der Waals surface area (Å²) in [6, 6.07) is 16.1. The second-order valence-electron chi connectivity index (χ2n) is 6.78. The van der Waals surface area contributed by atoms with Gasteiger partial charge in [0.05, 0.1) is 0 Å². The predicted molar refractivity (Wildman–Crippen MR) is 93.4 cm³/mol. The number of fused-ring (bicyclic) bond motifs is 4. The number of hydrogen-bond donors (Lipinski definition) is 1. The van der Waals surface area contributed by atoms with E-state index in [2.05, 4.69) is 6.07 Å². The van der Waals surface area contributed by atoms with Gasteiger partial charge in [0, 0.05) is 0 Å². The van der Waals surface area contributed by atoms with E-state index in [1.54, 1.807) is 0 Å². The first-order chi connectivity index (χ1) is 12.1. The summed E-state index contributed by atoms with van der Waals surface area (Å²) < 4.78 is 19.0. The van der Waals surface area contributed by atoms with Crippen LogP contribution in [0.1, 0.15) is 44.6 Å². The Hall–Kier alpha value is -0.627. The topological polar surface area (TPSA) is 46.5 Å². The molecule has 137 valence electrons. The number of halogens is 2. The maximum atomic E-state index is 13.2. The first kappa shape index (κ1) is 21.1. The van der Waals surface area contributed by atoms with Crippen molar-refractivity contribution in [3.05, 3.63) is 81.7 Å². The van der Waals surface area contributed by atoms with Gasteiger partial charge in [0.1, 0.15) is 0 Å². The molecule has 0 amide bonds. The summed E-state index contributed by atoms with van der Waals surface area (Å²) >= 11 is 1.20. The Balaban J connectivity index is 0.00000105. The van der Waals surface area contributed by atoms with Crippen molar-refractivity contribution in [2.24, 2.45) is 0 Å². The van der Waals surface area contributed by atoms with E-state index in [1.807, 2.05) is 48.5 Å². The third-order valence-corrected chi connectivity index (χ3v) is 9.04. The molecular formula is C20H16Cl2O3PZr. The van der Waals surface area contributed by atoms with E-state index < -0.39 is 7.60 Å². The maximum absolute atomic E-state index is 13.2. The van der Waals surface area contributed by atoms with Gasteiger partial charge >= 0.3 is 162 Å². The zero-order valence-electron chi connectivity index (χ0n) is 14.2. The molecule has 2 aromatic carbocycles. The molecule has 3 aliphatic carbocycles. The third-order valence-electron chi connectivity index (χ3n) is 5.44. The molecule has 1 N–H and O–H groups in total. The summed E-state index contributed by atoms with van der Waals surface area (Å²) in [4.78, 5) is 10.8. The zero-order chi connectivity index (χ0) is 17.2. The Morgan fingerprint density at radius 2 is 1.70 bits per heavy atom. The number of rotatable bonds is 3. The van der Waals surface area contributed by atoms with Gasteiger partial charge in [0.25, 0.3) is 0 Å². The smallest absolute Gasteiger partial charge is 1.00 e. The summed E-state index contributed by atoms with van der Waals surface area (Å²) in [7, 11) is -3.89. The molecule has 2 aromatic rings. The summed E-state index contributed by atoms with van der Waals surface area (Å²) in [6.45, 7) is 0. The van der Waals surface area contributed by atoms with Gasteiger partial charge in [-0.3, -0.25) is 0 Å². The zero-order valence-corrected chi connectivity index (χ0v) is 19.1. The third kappa shape index (κ3) is 3.24. The van der Waals surface area contributed by atoms with Crippen LogP contribution in [0.2, 0.25) is 0 Å². The Morgan fingerprint density at radius 1 is 1.04 bits per heavy atom. The molecule has 0 spiro atoms. The van der Waals surface area contributed by atoms with Gasteiger partial charge in [-0.15, -0.1) is 0 Å². The second kappa shape index (κ2) is 7.66. The Morgan fingerprint density at radius 3 is 2.37 bits per heavy atom. The Kier molecular flexibility index (Phi) is 5.98. The minimum absolute atomic E-state index is 0. The summed E-state index contributed by atoms with van der Waals surface area (Å²) in [5.74, 6) is 1.03. The molecule has 0 heterocycles. The van der Waals surface area contributed by atoms with Crippen molar-refractivity contribution in [3.63, 3.8) is 0 Å². The molecule has 27 heavy (non-hydrogen) atoms. The number of benzene rings is 2. The first-order valence-corrected chi connectivity index (χ1v) is 11.4. The number of hydrogen-bond acceptors (Lipinski definition) is 2. The molecule has 0 aliphatic heterocycles. The van der Waals surface area contributed by atoms with Gasteiger partial charge in [-0.25, -0.2) is 0 Å². The van der Waals surface area contributed by atoms with Gasteiger partial charge in [-0.1, -0.05) is 0 Å². The van der Waals surface area contributed by atoms with Crippen LogP contribution in [0, 0.1) is 0 Å². The monoisotopic (exact) mass is 495 g/mol. The van der Waals surface area contributed by atoms with Crippen molar-refractivity contribution in [1.29, 1.82) is 0 Å². The number of allylic oxidation sites excluding steroid dienone is 2. The van der Waals surface area contributed by atoms with Crippen LogP contribution in [0.3, 0.4) is 0 Å². The van der Waals surface area contributed by atoms with Crippen molar-refractivity contribution in [3.8, 4) is 0 Å². The van der Waals surface area contributed by atoms with Gasteiger partial charge in [-0.2, -0.15) is 0 Å². The largest absolute Gasteiger partial charge is 1.00 e. The molecule has 3 unspecified atom stereocenters. The first-order valence-electron chi connectivity index (χ1n) is 8.43. The van der Waals surface area contributed by atoms with E-state index in [-0.39, 0.29) is 28.4 Å². The molecule has 5 rings (SSSR count). The Labute approximate surface area is 186 Å². The molecule has 7 heteroatoms. The Bertz CT molecular complexity index is 1020. The van der Waals surface area contributed by atoms with Crippen LogP contribution in [-0.2, 0) is 33.8 Å². The predicted octanol–water partition coefficient (Wildman–Crippen LogP) is -0.859. The van der Waals surface area contributed by atoms with Crippen LogP contribution in [0.25, 0.3) is 11.8 Å². The van der Waals surface area contributed by atoms with E-state index in [0.29, 0.717) is 17.0 Å². The molecule has 0 bridgehead atoms. The molecule has 1 saturated carbocycles.